The first kappa shape index (κ1) is 13.2. The van der Waals surface area contributed by atoms with Crippen molar-refractivity contribution in [3.63, 3.8) is 0 Å². The van der Waals surface area contributed by atoms with E-state index in [2.05, 4.69) is 5.32 Å². The molecular formula is C10H13BN2O4. The third-order valence-corrected chi connectivity index (χ3v) is 2.13. The molecule has 0 bridgehead atoms. The van der Waals surface area contributed by atoms with Crippen LogP contribution in [-0.4, -0.2) is 34.9 Å². The smallest absolute Gasteiger partial charge is 0.426 e. The van der Waals surface area contributed by atoms with E-state index in [1.165, 1.54) is 0 Å². The molecule has 0 spiro atoms. The maximum Gasteiger partial charge on any atom is 0.476 e. The fraction of sp³-hybridized carbons (Fsp3) is 0.200. The zero-order valence-electron chi connectivity index (χ0n) is 9.04. The number of nitrogens with two attached hydrogens (primary N) is 1. The largest absolute Gasteiger partial charge is 0.476 e. The van der Waals surface area contributed by atoms with Crippen molar-refractivity contribution in [1.29, 1.82) is 0 Å². The van der Waals surface area contributed by atoms with Gasteiger partial charge in [0.25, 0.3) is 5.91 Å². The summed E-state index contributed by atoms with van der Waals surface area (Å²) in [5.41, 5.74) is 5.30. The molecule has 0 saturated heterocycles. The SMILES string of the molecule is NC(=O)C[C@H](NC(=O)c1ccccc1)B(O)O. The molecule has 0 aliphatic rings. The Balaban J connectivity index is 2.68. The first-order valence-corrected chi connectivity index (χ1v) is 5.01. The van der Waals surface area contributed by atoms with Crippen LogP contribution in [0.5, 0.6) is 0 Å². The fourth-order valence-electron chi connectivity index (χ4n) is 1.29. The van der Waals surface area contributed by atoms with Gasteiger partial charge >= 0.3 is 7.12 Å². The van der Waals surface area contributed by atoms with Crippen molar-refractivity contribution in [2.75, 3.05) is 0 Å². The molecule has 0 aliphatic heterocycles. The molecule has 2 amide bonds. The highest BCUT2D eigenvalue weighted by Crippen LogP contribution is 2.01. The summed E-state index contributed by atoms with van der Waals surface area (Å²) in [6.07, 6.45) is -0.337. The Morgan fingerprint density at radius 3 is 2.35 bits per heavy atom. The average molecular weight is 236 g/mol. The molecule has 0 radical (unpaired) electrons. The Morgan fingerprint density at radius 1 is 1.29 bits per heavy atom. The summed E-state index contributed by atoms with van der Waals surface area (Å²) in [5, 5.41) is 20.3. The Bertz CT molecular complexity index is 397. The van der Waals surface area contributed by atoms with E-state index in [9.17, 15) is 9.59 Å². The number of carbonyl (C=O) groups excluding carboxylic acids is 2. The summed E-state index contributed by atoms with van der Waals surface area (Å²) < 4.78 is 0. The van der Waals surface area contributed by atoms with Crippen molar-refractivity contribution in [3.05, 3.63) is 35.9 Å². The van der Waals surface area contributed by atoms with E-state index < -0.39 is 24.9 Å². The predicted molar refractivity (Wildman–Crippen MR) is 61.7 cm³/mol. The van der Waals surface area contributed by atoms with Gasteiger partial charge in [0.2, 0.25) is 5.91 Å². The normalized spacial score (nSPS) is 11.6. The molecule has 0 fully saturated rings. The van der Waals surface area contributed by atoms with Crippen molar-refractivity contribution in [2.24, 2.45) is 5.73 Å². The highest BCUT2D eigenvalue weighted by Gasteiger charge is 2.27. The van der Waals surface area contributed by atoms with Gasteiger partial charge in [0, 0.05) is 12.0 Å². The maximum absolute atomic E-state index is 11.7. The molecule has 0 saturated carbocycles. The van der Waals surface area contributed by atoms with Gasteiger partial charge in [-0.1, -0.05) is 18.2 Å². The zero-order chi connectivity index (χ0) is 12.8. The monoisotopic (exact) mass is 236 g/mol. The van der Waals surface area contributed by atoms with Crippen LogP contribution >= 0.6 is 0 Å². The fourth-order valence-corrected chi connectivity index (χ4v) is 1.29. The quantitative estimate of drug-likeness (QED) is 0.474. The topological polar surface area (TPSA) is 113 Å². The molecule has 1 atom stereocenters. The highest BCUT2D eigenvalue weighted by atomic mass is 16.4. The van der Waals surface area contributed by atoms with Crippen molar-refractivity contribution >= 4 is 18.9 Å². The predicted octanol–water partition coefficient (Wildman–Crippen LogP) is -1.33. The van der Waals surface area contributed by atoms with Crippen LogP contribution in [0.4, 0.5) is 0 Å². The Hall–Kier alpha value is -1.86. The van der Waals surface area contributed by atoms with Gasteiger partial charge in [-0.15, -0.1) is 0 Å². The van der Waals surface area contributed by atoms with Crippen LogP contribution in [0.25, 0.3) is 0 Å². The van der Waals surface area contributed by atoms with E-state index in [0.717, 1.165) is 0 Å². The lowest BCUT2D eigenvalue weighted by Gasteiger charge is -2.15. The number of nitrogens with one attached hydrogen (secondary N) is 1. The first-order chi connectivity index (χ1) is 8.00. The number of amides is 2. The van der Waals surface area contributed by atoms with Gasteiger partial charge in [-0.25, -0.2) is 0 Å². The van der Waals surface area contributed by atoms with E-state index in [1.54, 1.807) is 30.3 Å². The molecule has 1 rings (SSSR count). The van der Waals surface area contributed by atoms with Crippen LogP contribution in [0.15, 0.2) is 30.3 Å². The van der Waals surface area contributed by atoms with Gasteiger partial charge in [-0.2, -0.15) is 0 Å². The first-order valence-electron chi connectivity index (χ1n) is 5.01. The maximum atomic E-state index is 11.7. The van der Waals surface area contributed by atoms with Crippen molar-refractivity contribution in [3.8, 4) is 0 Å². The summed E-state index contributed by atoms with van der Waals surface area (Å²) in [4.78, 5) is 22.3. The molecule has 90 valence electrons. The summed E-state index contributed by atoms with van der Waals surface area (Å²) in [5.74, 6) is -2.33. The summed E-state index contributed by atoms with van der Waals surface area (Å²) in [6, 6.07) is 8.24. The highest BCUT2D eigenvalue weighted by molar-refractivity contribution is 6.44. The Labute approximate surface area is 98.6 Å². The minimum absolute atomic E-state index is 0.337. The lowest BCUT2D eigenvalue weighted by Crippen LogP contribution is -2.48. The van der Waals surface area contributed by atoms with Crippen LogP contribution in [-0.2, 0) is 4.79 Å². The number of hydrogen-bond donors (Lipinski definition) is 4. The number of primary amides is 1. The van der Waals surface area contributed by atoms with Crippen molar-refractivity contribution in [2.45, 2.75) is 12.4 Å². The molecule has 0 aromatic heterocycles. The Kier molecular flexibility index (Phi) is 4.68. The van der Waals surface area contributed by atoms with Gasteiger partial charge in [-0.3, -0.25) is 9.59 Å². The lowest BCUT2D eigenvalue weighted by atomic mass is 9.77. The minimum atomic E-state index is -1.84. The van der Waals surface area contributed by atoms with E-state index in [-0.39, 0.29) is 6.42 Å². The standard InChI is InChI=1S/C10H13BN2O4/c12-9(14)6-8(11(16)17)13-10(15)7-4-2-1-3-5-7/h1-5,8,16-17H,6H2,(H2,12,14)(H,13,15)/t8-/m0/s1. The molecule has 0 aliphatic carbocycles. The molecule has 7 heteroatoms. The minimum Gasteiger partial charge on any atom is -0.426 e. The van der Waals surface area contributed by atoms with E-state index in [1.807, 2.05) is 0 Å². The average Bonchev–Trinajstić information content (AvgIpc) is 2.28. The lowest BCUT2D eigenvalue weighted by molar-refractivity contribution is -0.118. The second-order valence-electron chi connectivity index (χ2n) is 3.53. The molecule has 0 unspecified atom stereocenters. The molecule has 0 heterocycles. The second-order valence-corrected chi connectivity index (χ2v) is 3.53. The molecule has 5 N–H and O–H groups in total. The summed E-state index contributed by atoms with van der Waals surface area (Å²) in [6.45, 7) is 0. The number of carbonyl (C=O) groups is 2. The third-order valence-electron chi connectivity index (χ3n) is 2.13. The van der Waals surface area contributed by atoms with Crippen molar-refractivity contribution in [1.82, 2.24) is 5.32 Å². The van der Waals surface area contributed by atoms with Gasteiger partial charge < -0.3 is 21.1 Å². The third kappa shape index (κ3) is 4.25. The molecule has 1 aromatic carbocycles. The number of rotatable bonds is 5. The van der Waals surface area contributed by atoms with E-state index in [0.29, 0.717) is 5.56 Å². The van der Waals surface area contributed by atoms with E-state index >= 15 is 0 Å². The van der Waals surface area contributed by atoms with Crippen LogP contribution < -0.4 is 11.1 Å². The molecule has 1 aromatic rings. The van der Waals surface area contributed by atoms with Gasteiger partial charge in [-0.05, 0) is 12.1 Å². The van der Waals surface area contributed by atoms with Crippen molar-refractivity contribution < 1.29 is 19.6 Å². The van der Waals surface area contributed by atoms with E-state index in [4.69, 9.17) is 15.8 Å². The molecule has 17 heavy (non-hydrogen) atoms. The van der Waals surface area contributed by atoms with Gasteiger partial charge in [0.15, 0.2) is 0 Å². The zero-order valence-corrected chi connectivity index (χ0v) is 9.04. The second kappa shape index (κ2) is 6.02. The summed E-state index contributed by atoms with van der Waals surface area (Å²) in [7, 11) is -1.84. The summed E-state index contributed by atoms with van der Waals surface area (Å²) >= 11 is 0. The molecular weight excluding hydrogens is 223 g/mol. The number of hydrogen-bond acceptors (Lipinski definition) is 4. The Morgan fingerprint density at radius 2 is 1.88 bits per heavy atom. The number of benzene rings is 1. The van der Waals surface area contributed by atoms with Crippen LogP contribution in [0.2, 0.25) is 0 Å². The van der Waals surface area contributed by atoms with Gasteiger partial charge in [0.05, 0.1) is 5.94 Å². The van der Waals surface area contributed by atoms with Crippen LogP contribution in [0.3, 0.4) is 0 Å². The molecule has 6 nitrogen and oxygen atoms in total. The van der Waals surface area contributed by atoms with Gasteiger partial charge in [0.1, 0.15) is 0 Å². The van der Waals surface area contributed by atoms with Crippen LogP contribution in [0, 0.1) is 0 Å². The van der Waals surface area contributed by atoms with Crippen LogP contribution in [0.1, 0.15) is 16.8 Å².